The van der Waals surface area contributed by atoms with Crippen LogP contribution in [0, 0.1) is 0 Å². The van der Waals surface area contributed by atoms with Crippen molar-refractivity contribution < 1.29 is 27.8 Å². The van der Waals surface area contributed by atoms with Crippen LogP contribution < -0.4 is 0 Å². The van der Waals surface area contributed by atoms with Crippen LogP contribution in [0.15, 0.2) is 0 Å². The molecule has 0 aliphatic carbocycles. The molecular weight excluding hydrogens is 287 g/mol. The molecule has 1 rings (SSSR count). The molecule has 0 aromatic carbocycles. The highest BCUT2D eigenvalue weighted by Gasteiger charge is 2.60. The minimum Gasteiger partial charge on any atom is -0.444 e. The van der Waals surface area contributed by atoms with Crippen LogP contribution in [-0.2, 0) is 4.74 Å². The molecule has 1 fully saturated rings. The fourth-order valence-electron chi connectivity index (χ4n) is 2.59. The van der Waals surface area contributed by atoms with Crippen molar-refractivity contribution in [3.63, 3.8) is 0 Å². The summed E-state index contributed by atoms with van der Waals surface area (Å²) in [7, 11) is 0. The Labute approximate surface area is 123 Å². The van der Waals surface area contributed by atoms with Crippen LogP contribution >= 0.6 is 0 Å². The van der Waals surface area contributed by atoms with Crippen molar-refractivity contribution >= 4 is 6.09 Å². The highest BCUT2D eigenvalue weighted by Crippen LogP contribution is 2.41. The van der Waals surface area contributed by atoms with Gasteiger partial charge in [0.2, 0.25) is 0 Å². The van der Waals surface area contributed by atoms with E-state index in [4.69, 9.17) is 4.74 Å². The van der Waals surface area contributed by atoms with Gasteiger partial charge in [0, 0.05) is 6.54 Å². The van der Waals surface area contributed by atoms with Gasteiger partial charge in [-0.1, -0.05) is 6.92 Å². The molecule has 1 saturated heterocycles. The Morgan fingerprint density at radius 2 is 1.86 bits per heavy atom. The number of carbonyl (C=O) groups excluding carboxylic acids is 1. The Morgan fingerprint density at radius 1 is 1.29 bits per heavy atom. The number of hydrogen-bond acceptors (Lipinski definition) is 3. The van der Waals surface area contributed by atoms with E-state index in [0.717, 1.165) is 4.90 Å². The van der Waals surface area contributed by atoms with Crippen LogP contribution in [0.3, 0.4) is 0 Å². The number of aliphatic hydroxyl groups is 1. The molecule has 0 unspecified atom stereocenters. The summed E-state index contributed by atoms with van der Waals surface area (Å²) < 4.78 is 44.9. The Balaban J connectivity index is 3.04. The van der Waals surface area contributed by atoms with E-state index >= 15 is 0 Å². The molecule has 1 aliphatic heterocycles. The lowest BCUT2D eigenvalue weighted by molar-refractivity contribution is -0.282. The van der Waals surface area contributed by atoms with Gasteiger partial charge in [-0.3, -0.25) is 0 Å². The predicted molar refractivity (Wildman–Crippen MR) is 71.9 cm³/mol. The summed E-state index contributed by atoms with van der Waals surface area (Å²) in [4.78, 5) is 13.2. The summed E-state index contributed by atoms with van der Waals surface area (Å²) in [6.45, 7) is 6.40. The monoisotopic (exact) mass is 311 g/mol. The van der Waals surface area contributed by atoms with Gasteiger partial charge < -0.3 is 14.7 Å². The number of likely N-dealkylation sites (tertiary alicyclic amines) is 1. The van der Waals surface area contributed by atoms with E-state index in [0.29, 0.717) is 12.8 Å². The molecule has 2 atom stereocenters. The Hall–Kier alpha value is -0.980. The molecule has 0 bridgehead atoms. The van der Waals surface area contributed by atoms with Gasteiger partial charge in [0.15, 0.2) is 5.60 Å². The second-order valence-corrected chi connectivity index (χ2v) is 6.46. The molecule has 0 spiro atoms. The summed E-state index contributed by atoms with van der Waals surface area (Å²) in [5.41, 5.74) is -3.69. The second-order valence-electron chi connectivity index (χ2n) is 6.46. The predicted octanol–water partition coefficient (Wildman–Crippen LogP) is 3.48. The summed E-state index contributed by atoms with van der Waals surface area (Å²) in [5.74, 6) is 0. The van der Waals surface area contributed by atoms with Crippen molar-refractivity contribution in [2.24, 2.45) is 0 Å². The fourth-order valence-corrected chi connectivity index (χ4v) is 2.59. The Kier molecular flexibility index (Phi) is 5.18. The van der Waals surface area contributed by atoms with Crippen molar-refractivity contribution in [1.29, 1.82) is 0 Å². The molecule has 1 N–H and O–H groups in total. The van der Waals surface area contributed by atoms with E-state index in [1.807, 2.05) is 0 Å². The van der Waals surface area contributed by atoms with Gasteiger partial charge in [0.05, 0.1) is 6.04 Å². The van der Waals surface area contributed by atoms with E-state index < -0.39 is 35.9 Å². The van der Waals surface area contributed by atoms with Crippen molar-refractivity contribution in [1.82, 2.24) is 4.90 Å². The van der Waals surface area contributed by atoms with Crippen LogP contribution in [0.4, 0.5) is 18.0 Å². The third-order valence-corrected chi connectivity index (χ3v) is 3.71. The van der Waals surface area contributed by atoms with Crippen molar-refractivity contribution in [3.05, 3.63) is 0 Å². The number of nitrogens with zero attached hydrogens (tertiary/aromatic N) is 1. The molecule has 0 radical (unpaired) electrons. The molecule has 124 valence electrons. The molecule has 0 aromatic heterocycles. The summed E-state index contributed by atoms with van der Waals surface area (Å²) in [6.07, 6.45) is -4.83. The molecule has 4 nitrogen and oxygen atoms in total. The number of carbonyl (C=O) groups is 1. The molecule has 0 aromatic rings. The normalized spacial score (nSPS) is 23.6. The first-order valence-corrected chi connectivity index (χ1v) is 7.21. The van der Waals surface area contributed by atoms with Crippen LogP contribution in [-0.4, -0.2) is 46.1 Å². The first kappa shape index (κ1) is 18.1. The van der Waals surface area contributed by atoms with Gasteiger partial charge in [-0.2, -0.15) is 13.2 Å². The van der Waals surface area contributed by atoms with Crippen molar-refractivity contribution in [2.75, 3.05) is 6.54 Å². The van der Waals surface area contributed by atoms with Crippen LogP contribution in [0.2, 0.25) is 0 Å². The number of hydrogen-bond donors (Lipinski definition) is 1. The zero-order valence-electron chi connectivity index (χ0n) is 13.0. The zero-order chi connectivity index (χ0) is 16.5. The van der Waals surface area contributed by atoms with Crippen molar-refractivity contribution in [2.45, 2.75) is 76.8 Å². The lowest BCUT2D eigenvalue weighted by Crippen LogP contribution is -2.63. The first-order chi connectivity index (χ1) is 9.42. The molecule has 21 heavy (non-hydrogen) atoms. The molecule has 1 amide bonds. The smallest absolute Gasteiger partial charge is 0.419 e. The van der Waals surface area contributed by atoms with Gasteiger partial charge in [0.1, 0.15) is 5.60 Å². The highest BCUT2D eigenvalue weighted by molar-refractivity contribution is 5.69. The minimum absolute atomic E-state index is 0.114. The molecule has 7 heteroatoms. The summed E-state index contributed by atoms with van der Waals surface area (Å²) in [5, 5.41) is 10.1. The van der Waals surface area contributed by atoms with E-state index in [1.54, 1.807) is 20.8 Å². The zero-order valence-corrected chi connectivity index (χ0v) is 13.0. The van der Waals surface area contributed by atoms with Crippen LogP contribution in [0.1, 0.15) is 53.4 Å². The number of ether oxygens (including phenoxy) is 1. The van der Waals surface area contributed by atoms with Gasteiger partial charge >= 0.3 is 12.3 Å². The fraction of sp³-hybridized carbons (Fsp3) is 0.929. The van der Waals surface area contributed by atoms with E-state index in [2.05, 4.69) is 0 Å². The lowest BCUT2D eigenvalue weighted by Gasteiger charge is -2.45. The lowest BCUT2D eigenvalue weighted by atomic mass is 9.84. The highest BCUT2D eigenvalue weighted by atomic mass is 19.4. The SMILES string of the molecule is CC[C@](O)([C@H]1CCCCN1C(=O)OC(C)(C)C)C(F)(F)F. The first-order valence-electron chi connectivity index (χ1n) is 7.21. The van der Waals surface area contributed by atoms with Crippen LogP contribution in [0.25, 0.3) is 0 Å². The summed E-state index contributed by atoms with van der Waals surface area (Å²) >= 11 is 0. The third kappa shape index (κ3) is 4.02. The number of alkyl halides is 3. The number of halogens is 3. The topological polar surface area (TPSA) is 49.8 Å². The van der Waals surface area contributed by atoms with Gasteiger partial charge in [0.25, 0.3) is 0 Å². The third-order valence-electron chi connectivity index (χ3n) is 3.71. The average molecular weight is 311 g/mol. The molecule has 1 heterocycles. The average Bonchev–Trinajstić information content (AvgIpc) is 2.34. The maximum Gasteiger partial charge on any atom is 0.419 e. The van der Waals surface area contributed by atoms with Gasteiger partial charge in [-0.25, -0.2) is 4.79 Å². The maximum atomic E-state index is 13.2. The van der Waals surface area contributed by atoms with Gasteiger partial charge in [-0.15, -0.1) is 0 Å². The number of piperidine rings is 1. The molecular formula is C14H24F3NO3. The molecule has 1 aliphatic rings. The number of amides is 1. The second kappa shape index (κ2) is 6.02. The number of rotatable bonds is 2. The van der Waals surface area contributed by atoms with Gasteiger partial charge in [-0.05, 0) is 46.5 Å². The standard InChI is InChI=1S/C14H24F3NO3/c1-5-13(20,14(15,16)17)10-8-6-7-9-18(10)11(19)21-12(2,3)4/h10,20H,5-9H2,1-4H3/t10-,13+/m1/s1. The van der Waals surface area contributed by atoms with E-state index in [1.165, 1.54) is 6.92 Å². The Morgan fingerprint density at radius 3 is 2.29 bits per heavy atom. The summed E-state index contributed by atoms with van der Waals surface area (Å²) in [6, 6.07) is -1.30. The van der Waals surface area contributed by atoms with E-state index in [-0.39, 0.29) is 13.0 Å². The largest absolute Gasteiger partial charge is 0.444 e. The van der Waals surface area contributed by atoms with Crippen molar-refractivity contribution in [3.8, 4) is 0 Å². The van der Waals surface area contributed by atoms with E-state index in [9.17, 15) is 23.1 Å². The molecule has 0 saturated carbocycles. The quantitative estimate of drug-likeness (QED) is 0.849. The minimum atomic E-state index is -4.79. The Bertz CT molecular complexity index is 379. The maximum absolute atomic E-state index is 13.2. The van der Waals surface area contributed by atoms with Crippen LogP contribution in [0.5, 0.6) is 0 Å².